The van der Waals surface area contributed by atoms with Crippen LogP contribution in [0.4, 0.5) is 5.69 Å². The van der Waals surface area contributed by atoms with Gasteiger partial charge in [-0.3, -0.25) is 9.78 Å². The van der Waals surface area contributed by atoms with Crippen LogP contribution < -0.4 is 10.1 Å². The summed E-state index contributed by atoms with van der Waals surface area (Å²) in [6, 6.07) is 15.0. The third kappa shape index (κ3) is 3.35. The number of pyridine rings is 1. The number of fused-ring (bicyclic) bond motifs is 3. The number of nitrogens with one attached hydrogen (secondary N) is 1. The lowest BCUT2D eigenvalue weighted by Gasteiger charge is -2.21. The second kappa shape index (κ2) is 6.57. The summed E-state index contributed by atoms with van der Waals surface area (Å²) in [5.74, 6) is 0.686. The van der Waals surface area contributed by atoms with E-state index < -0.39 is 0 Å². The van der Waals surface area contributed by atoms with E-state index in [1.54, 1.807) is 18.3 Å². The predicted molar refractivity (Wildman–Crippen MR) is 97.8 cm³/mol. The van der Waals surface area contributed by atoms with Crippen LogP contribution in [0.2, 0.25) is 5.02 Å². The highest BCUT2D eigenvalue weighted by atomic mass is 35.5. The van der Waals surface area contributed by atoms with Gasteiger partial charge in [0.25, 0.3) is 0 Å². The number of anilines is 1. The lowest BCUT2D eigenvalue weighted by Crippen LogP contribution is -2.15. The van der Waals surface area contributed by atoms with Gasteiger partial charge in [-0.15, -0.1) is 0 Å². The zero-order valence-corrected chi connectivity index (χ0v) is 14.1. The zero-order valence-electron chi connectivity index (χ0n) is 13.3. The van der Waals surface area contributed by atoms with Crippen molar-refractivity contribution < 1.29 is 9.53 Å². The summed E-state index contributed by atoms with van der Waals surface area (Å²) in [7, 11) is 0. The fourth-order valence-electron chi connectivity index (χ4n) is 2.90. The number of hydrogen-bond donors (Lipinski definition) is 1. The summed E-state index contributed by atoms with van der Waals surface area (Å²) in [6.07, 6.45) is 3.89. The molecule has 0 radical (unpaired) electrons. The average Bonchev–Trinajstić information content (AvgIpc) is 2.63. The number of aromatic nitrogens is 1. The molecular formula is C20H15ClN2O2. The highest BCUT2D eigenvalue weighted by Crippen LogP contribution is 2.38. The Morgan fingerprint density at radius 1 is 1.12 bits per heavy atom. The van der Waals surface area contributed by atoms with Crippen molar-refractivity contribution in [3.05, 3.63) is 77.1 Å². The summed E-state index contributed by atoms with van der Waals surface area (Å²) in [4.78, 5) is 16.4. The number of rotatable bonds is 3. The van der Waals surface area contributed by atoms with Crippen LogP contribution >= 0.6 is 11.6 Å². The Kier molecular flexibility index (Phi) is 4.12. The van der Waals surface area contributed by atoms with Crippen molar-refractivity contribution in [3.8, 4) is 16.9 Å². The lowest BCUT2D eigenvalue weighted by atomic mass is 9.98. The minimum atomic E-state index is -0.0808. The summed E-state index contributed by atoms with van der Waals surface area (Å²) >= 11 is 5.86. The van der Waals surface area contributed by atoms with E-state index in [9.17, 15) is 4.79 Å². The first-order valence-corrected chi connectivity index (χ1v) is 8.31. The number of ether oxygens (including phenoxy) is 1. The highest BCUT2D eigenvalue weighted by Gasteiger charge is 2.17. The number of benzene rings is 2. The molecule has 124 valence electrons. The van der Waals surface area contributed by atoms with E-state index in [1.807, 2.05) is 42.6 Å². The maximum atomic E-state index is 12.2. The van der Waals surface area contributed by atoms with E-state index in [-0.39, 0.29) is 5.91 Å². The van der Waals surface area contributed by atoms with E-state index in [1.165, 1.54) is 0 Å². The summed E-state index contributed by atoms with van der Waals surface area (Å²) in [5, 5.41) is 3.57. The van der Waals surface area contributed by atoms with Crippen LogP contribution in [0.1, 0.15) is 11.1 Å². The summed E-state index contributed by atoms with van der Waals surface area (Å²) in [6.45, 7) is 0.484. The molecule has 25 heavy (non-hydrogen) atoms. The number of nitrogens with zero attached hydrogens (tertiary/aromatic N) is 1. The van der Waals surface area contributed by atoms with Crippen LogP contribution in [0.25, 0.3) is 11.1 Å². The van der Waals surface area contributed by atoms with Gasteiger partial charge in [-0.05, 0) is 41.5 Å². The largest absolute Gasteiger partial charge is 0.488 e. The minimum absolute atomic E-state index is 0.0808. The van der Waals surface area contributed by atoms with Crippen molar-refractivity contribution in [2.24, 2.45) is 0 Å². The van der Waals surface area contributed by atoms with E-state index >= 15 is 0 Å². The molecule has 5 heteroatoms. The van der Waals surface area contributed by atoms with Gasteiger partial charge in [0.05, 0.1) is 6.42 Å². The SMILES string of the molecule is O=C(Cc1ccc(Cl)cc1)Nc1ccc2c(c1)OCc1cnccc1-2. The maximum Gasteiger partial charge on any atom is 0.228 e. The van der Waals surface area contributed by atoms with Gasteiger partial charge in [-0.2, -0.15) is 0 Å². The average molecular weight is 351 g/mol. The smallest absolute Gasteiger partial charge is 0.228 e. The molecule has 1 N–H and O–H groups in total. The standard InChI is InChI=1S/C20H15ClN2O2/c21-15-3-1-13(2-4-15)9-20(24)23-16-5-6-18-17-7-8-22-11-14(17)12-25-19(18)10-16/h1-8,10-11H,9,12H2,(H,23,24). The molecule has 1 aliphatic rings. The summed E-state index contributed by atoms with van der Waals surface area (Å²) in [5.41, 5.74) is 4.83. The first-order chi connectivity index (χ1) is 12.2. The minimum Gasteiger partial charge on any atom is -0.488 e. The Balaban J connectivity index is 1.51. The molecule has 0 saturated carbocycles. The molecule has 2 heterocycles. The van der Waals surface area contributed by atoms with Crippen LogP contribution in [0.5, 0.6) is 5.75 Å². The topological polar surface area (TPSA) is 51.2 Å². The van der Waals surface area contributed by atoms with Gasteiger partial charge in [0.1, 0.15) is 12.4 Å². The van der Waals surface area contributed by atoms with Crippen LogP contribution in [0.3, 0.4) is 0 Å². The number of carbonyl (C=O) groups excluding carboxylic acids is 1. The number of carbonyl (C=O) groups is 1. The third-order valence-corrected chi connectivity index (χ3v) is 4.37. The molecule has 0 spiro atoms. The Morgan fingerprint density at radius 2 is 1.96 bits per heavy atom. The molecule has 1 aliphatic heterocycles. The predicted octanol–water partition coefficient (Wildman–Crippen LogP) is 4.48. The van der Waals surface area contributed by atoms with Crippen molar-refractivity contribution in [2.75, 3.05) is 5.32 Å². The molecule has 0 saturated heterocycles. The molecule has 1 aromatic heterocycles. The van der Waals surface area contributed by atoms with Gasteiger partial charge >= 0.3 is 0 Å². The molecule has 1 amide bonds. The Bertz CT molecular complexity index is 939. The molecule has 0 atom stereocenters. The Labute approximate surface area is 150 Å². The fraction of sp³-hybridized carbons (Fsp3) is 0.100. The van der Waals surface area contributed by atoms with Gasteiger partial charge in [0, 0.05) is 40.3 Å². The molecule has 0 fully saturated rings. The molecule has 0 aliphatic carbocycles. The molecular weight excluding hydrogens is 336 g/mol. The zero-order chi connectivity index (χ0) is 17.2. The Hall–Kier alpha value is -2.85. The van der Waals surface area contributed by atoms with Crippen molar-refractivity contribution >= 4 is 23.2 Å². The number of amides is 1. The molecule has 3 aromatic rings. The molecule has 2 aromatic carbocycles. The van der Waals surface area contributed by atoms with Crippen molar-refractivity contribution in [1.82, 2.24) is 4.98 Å². The van der Waals surface area contributed by atoms with E-state index in [0.29, 0.717) is 18.1 Å². The summed E-state index contributed by atoms with van der Waals surface area (Å²) < 4.78 is 5.80. The molecule has 0 unspecified atom stereocenters. The fourth-order valence-corrected chi connectivity index (χ4v) is 3.02. The molecule has 0 bridgehead atoms. The quantitative estimate of drug-likeness (QED) is 0.758. The highest BCUT2D eigenvalue weighted by molar-refractivity contribution is 6.30. The van der Waals surface area contributed by atoms with Gasteiger partial charge in [0.2, 0.25) is 5.91 Å². The number of hydrogen-bond acceptors (Lipinski definition) is 3. The third-order valence-electron chi connectivity index (χ3n) is 4.12. The molecule has 4 nitrogen and oxygen atoms in total. The van der Waals surface area contributed by atoms with Crippen molar-refractivity contribution in [3.63, 3.8) is 0 Å². The van der Waals surface area contributed by atoms with Crippen LogP contribution in [0.15, 0.2) is 60.9 Å². The van der Waals surface area contributed by atoms with Gasteiger partial charge in [-0.25, -0.2) is 0 Å². The van der Waals surface area contributed by atoms with Crippen molar-refractivity contribution in [2.45, 2.75) is 13.0 Å². The van der Waals surface area contributed by atoms with E-state index in [0.717, 1.165) is 33.7 Å². The second-order valence-corrected chi connectivity index (χ2v) is 6.32. The van der Waals surface area contributed by atoms with Crippen LogP contribution in [-0.2, 0) is 17.8 Å². The van der Waals surface area contributed by atoms with Crippen molar-refractivity contribution in [1.29, 1.82) is 0 Å². The maximum absolute atomic E-state index is 12.2. The number of halogens is 1. The van der Waals surface area contributed by atoms with Gasteiger partial charge in [0.15, 0.2) is 0 Å². The molecule has 4 rings (SSSR count). The second-order valence-electron chi connectivity index (χ2n) is 5.88. The van der Waals surface area contributed by atoms with Crippen LogP contribution in [-0.4, -0.2) is 10.9 Å². The monoisotopic (exact) mass is 350 g/mol. The first-order valence-electron chi connectivity index (χ1n) is 7.93. The van der Waals surface area contributed by atoms with Crippen LogP contribution in [0, 0.1) is 0 Å². The first kappa shape index (κ1) is 15.7. The van der Waals surface area contributed by atoms with Gasteiger partial charge in [-0.1, -0.05) is 23.7 Å². The lowest BCUT2D eigenvalue weighted by molar-refractivity contribution is -0.115. The normalized spacial score (nSPS) is 11.9. The van der Waals surface area contributed by atoms with E-state index in [2.05, 4.69) is 10.3 Å². The Morgan fingerprint density at radius 3 is 2.80 bits per heavy atom. The van der Waals surface area contributed by atoms with E-state index in [4.69, 9.17) is 16.3 Å². The van der Waals surface area contributed by atoms with Gasteiger partial charge < -0.3 is 10.1 Å².